The van der Waals surface area contributed by atoms with Crippen molar-refractivity contribution in [1.29, 1.82) is 0 Å². The van der Waals surface area contributed by atoms with Gasteiger partial charge in [0.2, 0.25) is 0 Å². The highest BCUT2D eigenvalue weighted by atomic mass is 32.1. The number of carbonyl (C=O) groups is 2. The lowest BCUT2D eigenvalue weighted by atomic mass is 10.3. The van der Waals surface area contributed by atoms with E-state index in [0.29, 0.717) is 0 Å². The van der Waals surface area contributed by atoms with E-state index >= 15 is 0 Å². The molecule has 208 valence electrons. The zero-order valence-corrected chi connectivity index (χ0v) is 20.4. The Kier molecular flexibility index (Phi) is 11.1. The van der Waals surface area contributed by atoms with Crippen LogP contribution in [-0.2, 0) is 35.6 Å². The number of alkyl halides is 6. The first-order valence-corrected chi connectivity index (χ1v) is 11.7. The van der Waals surface area contributed by atoms with Crippen LogP contribution in [0.4, 0.5) is 32.2 Å². The summed E-state index contributed by atoms with van der Waals surface area (Å²) in [5.74, 6) is -3.41. The van der Waals surface area contributed by atoms with Gasteiger partial charge in [-0.05, 0) is 23.6 Å². The molecule has 4 heterocycles. The summed E-state index contributed by atoms with van der Waals surface area (Å²) in [7, 11) is 0. The summed E-state index contributed by atoms with van der Waals surface area (Å²) < 4.78 is 65.8. The largest absolute Gasteiger partial charge is 0.490 e. The van der Waals surface area contributed by atoms with Crippen LogP contribution in [0.1, 0.15) is 16.4 Å². The van der Waals surface area contributed by atoms with E-state index in [0.717, 1.165) is 45.0 Å². The van der Waals surface area contributed by atoms with Crippen molar-refractivity contribution >= 4 is 29.1 Å². The molecule has 38 heavy (non-hydrogen) atoms. The van der Waals surface area contributed by atoms with Gasteiger partial charge in [-0.25, -0.2) is 19.6 Å². The van der Waals surface area contributed by atoms with Crippen molar-refractivity contribution in [2.75, 3.05) is 18.4 Å². The summed E-state index contributed by atoms with van der Waals surface area (Å²) in [6.07, 6.45) is -5.35. The van der Waals surface area contributed by atoms with E-state index in [1.54, 1.807) is 0 Å². The molecule has 0 atom stereocenters. The molecule has 0 bridgehead atoms. The third-order valence-electron chi connectivity index (χ3n) is 4.87. The first kappa shape index (κ1) is 30.6. The fourth-order valence-corrected chi connectivity index (χ4v) is 3.85. The van der Waals surface area contributed by atoms with Crippen LogP contribution in [0.3, 0.4) is 0 Å². The lowest BCUT2D eigenvalue weighted by molar-refractivity contribution is -0.193. The normalized spacial score (nSPS) is 13.6. The molecule has 3 N–H and O–H groups in total. The smallest absolute Gasteiger partial charge is 0.475 e. The van der Waals surface area contributed by atoms with E-state index < -0.39 is 24.3 Å². The van der Waals surface area contributed by atoms with E-state index in [2.05, 4.69) is 42.3 Å². The molecule has 0 saturated heterocycles. The molecule has 3 aromatic rings. The van der Waals surface area contributed by atoms with Crippen molar-refractivity contribution in [3.63, 3.8) is 0 Å². The molecule has 0 aliphatic carbocycles. The average Bonchev–Trinajstić information content (AvgIpc) is 3.44. The maximum absolute atomic E-state index is 10.6. The van der Waals surface area contributed by atoms with Crippen LogP contribution < -0.4 is 5.32 Å². The van der Waals surface area contributed by atoms with Gasteiger partial charge in [0.15, 0.2) is 0 Å². The Bertz CT molecular complexity index is 1130. The van der Waals surface area contributed by atoms with Crippen LogP contribution in [0, 0.1) is 0 Å². The number of halogens is 6. The fourth-order valence-electron chi connectivity index (χ4n) is 3.11. The number of fused-ring (bicyclic) bond motifs is 1. The second-order valence-corrected chi connectivity index (χ2v) is 8.63. The van der Waals surface area contributed by atoms with E-state index in [-0.39, 0.29) is 0 Å². The van der Waals surface area contributed by atoms with Gasteiger partial charge in [-0.15, -0.1) is 11.3 Å². The molecule has 16 heteroatoms. The molecule has 3 aromatic heterocycles. The van der Waals surface area contributed by atoms with Crippen LogP contribution in [0.25, 0.3) is 0 Å². The van der Waals surface area contributed by atoms with Gasteiger partial charge in [-0.1, -0.05) is 12.1 Å². The molecular weight excluding hydrogens is 544 g/mol. The van der Waals surface area contributed by atoms with Crippen molar-refractivity contribution in [1.82, 2.24) is 19.4 Å². The van der Waals surface area contributed by atoms with Crippen LogP contribution in [0.2, 0.25) is 0 Å². The SMILES string of the molecule is O=C(O)C(F)(F)F.O=C(O)C(F)(F)F.c1ccc(NCc2cnc3n2CCN(Cc2cccs2)CC3)nc1. The van der Waals surface area contributed by atoms with Gasteiger partial charge in [-0.2, -0.15) is 26.3 Å². The molecule has 0 aromatic carbocycles. The molecule has 1 aliphatic heterocycles. The number of nitrogens with one attached hydrogen (secondary N) is 1. The van der Waals surface area contributed by atoms with Crippen LogP contribution in [0.5, 0.6) is 0 Å². The van der Waals surface area contributed by atoms with Crippen LogP contribution in [0.15, 0.2) is 48.1 Å². The van der Waals surface area contributed by atoms with Gasteiger partial charge in [0, 0.05) is 43.7 Å². The Balaban J connectivity index is 0.000000301. The lowest BCUT2D eigenvalue weighted by Gasteiger charge is -2.18. The monoisotopic (exact) mass is 567 g/mol. The third-order valence-corrected chi connectivity index (χ3v) is 5.73. The first-order valence-electron chi connectivity index (χ1n) is 10.8. The number of aromatic nitrogens is 3. The molecule has 0 spiro atoms. The summed E-state index contributed by atoms with van der Waals surface area (Å²) in [5.41, 5.74) is 1.23. The molecule has 0 saturated carbocycles. The minimum Gasteiger partial charge on any atom is -0.475 e. The van der Waals surface area contributed by atoms with Gasteiger partial charge >= 0.3 is 24.3 Å². The van der Waals surface area contributed by atoms with Crippen molar-refractivity contribution < 1.29 is 46.1 Å². The molecule has 0 amide bonds. The van der Waals surface area contributed by atoms with Gasteiger partial charge in [-0.3, -0.25) is 4.90 Å². The Hall–Kier alpha value is -3.66. The Labute approximate surface area is 216 Å². The average molecular weight is 568 g/mol. The summed E-state index contributed by atoms with van der Waals surface area (Å²) in [5, 5.41) is 19.8. The van der Waals surface area contributed by atoms with Gasteiger partial charge in [0.1, 0.15) is 11.6 Å². The third kappa shape index (κ3) is 10.4. The summed E-state index contributed by atoms with van der Waals surface area (Å²) >= 11 is 1.84. The number of thiophene rings is 1. The molecule has 0 radical (unpaired) electrons. The van der Waals surface area contributed by atoms with Crippen molar-refractivity contribution in [3.05, 3.63) is 64.5 Å². The number of anilines is 1. The van der Waals surface area contributed by atoms with E-state index in [1.807, 2.05) is 41.9 Å². The predicted molar refractivity (Wildman–Crippen MR) is 124 cm³/mol. The quantitative estimate of drug-likeness (QED) is 0.391. The molecule has 4 rings (SSSR count). The van der Waals surface area contributed by atoms with Crippen LogP contribution >= 0.6 is 11.3 Å². The molecule has 0 fully saturated rings. The van der Waals surface area contributed by atoms with Gasteiger partial charge in [0.05, 0.1) is 18.4 Å². The lowest BCUT2D eigenvalue weighted by Crippen LogP contribution is -2.26. The Morgan fingerprint density at radius 1 is 0.947 bits per heavy atom. The number of aliphatic carboxylic acids is 2. The van der Waals surface area contributed by atoms with Crippen molar-refractivity contribution in [3.8, 4) is 0 Å². The first-order chi connectivity index (χ1) is 17.8. The molecule has 9 nitrogen and oxygen atoms in total. The minimum atomic E-state index is -5.08. The molecular formula is C22H23F6N5O4S. The summed E-state index contributed by atoms with van der Waals surface area (Å²) in [4.78, 5) is 30.7. The molecule has 0 unspecified atom stereocenters. The summed E-state index contributed by atoms with van der Waals surface area (Å²) in [6, 6.07) is 10.3. The maximum Gasteiger partial charge on any atom is 0.490 e. The highest BCUT2D eigenvalue weighted by Crippen LogP contribution is 2.17. The van der Waals surface area contributed by atoms with Crippen LogP contribution in [-0.4, -0.2) is 67.0 Å². The zero-order chi connectivity index (χ0) is 28.3. The van der Waals surface area contributed by atoms with E-state index in [1.165, 1.54) is 16.4 Å². The van der Waals surface area contributed by atoms with Crippen molar-refractivity contribution in [2.45, 2.75) is 38.4 Å². The fraction of sp³-hybridized carbons (Fsp3) is 0.364. The predicted octanol–water partition coefficient (Wildman–Crippen LogP) is 4.28. The number of nitrogens with zero attached hydrogens (tertiary/aromatic N) is 4. The topological polar surface area (TPSA) is 121 Å². The highest BCUT2D eigenvalue weighted by molar-refractivity contribution is 7.09. The second-order valence-electron chi connectivity index (χ2n) is 7.60. The maximum atomic E-state index is 10.6. The number of carboxylic acid groups (broad SMARTS) is 2. The number of hydrogen-bond donors (Lipinski definition) is 3. The van der Waals surface area contributed by atoms with Crippen molar-refractivity contribution in [2.24, 2.45) is 0 Å². The second kappa shape index (κ2) is 13.8. The van der Waals surface area contributed by atoms with Gasteiger partial charge < -0.3 is 20.1 Å². The standard InChI is InChI=1S/C18H21N5S.2C2HF3O2/c1-2-7-19-17(5-1)20-12-15-13-21-18-6-8-22(9-10-23(15)18)14-16-4-3-11-24-16;2*3-2(4,5)1(6)7/h1-5,7,11,13H,6,8-10,12,14H2,(H,19,20);2*(H,6,7). The van der Waals surface area contributed by atoms with Gasteiger partial charge in [0.25, 0.3) is 0 Å². The summed E-state index contributed by atoms with van der Waals surface area (Å²) in [6.45, 7) is 4.94. The molecule has 1 aliphatic rings. The van der Waals surface area contributed by atoms with E-state index in [9.17, 15) is 26.3 Å². The Morgan fingerprint density at radius 2 is 1.61 bits per heavy atom. The highest BCUT2D eigenvalue weighted by Gasteiger charge is 2.38. The van der Waals surface area contributed by atoms with E-state index in [4.69, 9.17) is 19.8 Å². The number of pyridine rings is 1. The number of imidazole rings is 1. The minimum absolute atomic E-state index is 0.759. The zero-order valence-electron chi connectivity index (χ0n) is 19.5. The number of rotatable bonds is 5. The number of carboxylic acids is 2. The number of hydrogen-bond acceptors (Lipinski definition) is 7. The Morgan fingerprint density at radius 3 is 2.13 bits per heavy atom.